The van der Waals surface area contributed by atoms with Crippen LogP contribution in [-0.2, 0) is 24.1 Å². The van der Waals surface area contributed by atoms with Crippen LogP contribution >= 0.6 is 0 Å². The van der Waals surface area contributed by atoms with Gasteiger partial charge in [0.25, 0.3) is 0 Å². The number of hydrogen-bond donors (Lipinski definition) is 3. The van der Waals surface area contributed by atoms with Crippen LogP contribution in [-0.4, -0.2) is 32.0 Å². The van der Waals surface area contributed by atoms with Crippen molar-refractivity contribution in [2.24, 2.45) is 0 Å². The fourth-order valence-corrected chi connectivity index (χ4v) is 3.15. The molecule has 0 radical (unpaired) electrons. The molecule has 35 heavy (non-hydrogen) atoms. The average Bonchev–Trinajstić information content (AvgIpc) is 3.40. The van der Waals surface area contributed by atoms with Crippen molar-refractivity contribution in [3.63, 3.8) is 0 Å². The zero-order valence-electron chi connectivity index (χ0n) is 18.5. The monoisotopic (exact) mass is 481 g/mol. The van der Waals surface area contributed by atoms with Crippen LogP contribution in [0, 0.1) is 0 Å². The third-order valence-corrected chi connectivity index (χ3v) is 4.96. The van der Waals surface area contributed by atoms with Crippen LogP contribution in [0.3, 0.4) is 0 Å². The van der Waals surface area contributed by atoms with Crippen molar-refractivity contribution in [1.29, 1.82) is 0 Å². The van der Waals surface area contributed by atoms with E-state index in [2.05, 4.69) is 30.9 Å². The number of nitrogens with one attached hydrogen (secondary N) is 3. The van der Waals surface area contributed by atoms with Gasteiger partial charge in [0, 0.05) is 43.9 Å². The Hall–Kier alpha value is -4.41. The van der Waals surface area contributed by atoms with Crippen molar-refractivity contribution in [1.82, 2.24) is 24.8 Å². The number of benzene rings is 1. The van der Waals surface area contributed by atoms with Gasteiger partial charge in [-0.3, -0.25) is 9.78 Å². The smallest absolute Gasteiger partial charge is 0.361 e. The molecular weight excluding hydrogens is 459 g/mol. The maximum atomic E-state index is 12.7. The van der Waals surface area contributed by atoms with E-state index in [0.29, 0.717) is 29.7 Å². The van der Waals surface area contributed by atoms with Crippen molar-refractivity contribution >= 4 is 17.7 Å². The highest BCUT2D eigenvalue weighted by atomic mass is 19.4. The molecule has 3 aromatic heterocycles. The van der Waals surface area contributed by atoms with Crippen LogP contribution in [0.15, 0.2) is 79.4 Å². The first-order chi connectivity index (χ1) is 16.9. The predicted octanol–water partition coefficient (Wildman–Crippen LogP) is 4.02. The summed E-state index contributed by atoms with van der Waals surface area (Å²) in [5.41, 5.74) is 0.786. The largest absolute Gasteiger partial charge is 0.416 e. The number of pyridine rings is 1. The van der Waals surface area contributed by atoms with Crippen molar-refractivity contribution in [2.75, 3.05) is 17.2 Å². The molecule has 1 amide bonds. The summed E-state index contributed by atoms with van der Waals surface area (Å²) < 4.78 is 39.9. The van der Waals surface area contributed by atoms with Gasteiger partial charge >= 0.3 is 6.18 Å². The highest BCUT2D eigenvalue weighted by molar-refractivity contribution is 5.80. The standard InChI is InChI=1S/C24H22F3N7O/c25-24(26,27)19-7-5-17(6-8-19)14-30-22(35)16-29-20-12-21(34-10-1-2-11-34)33-23(32-20)31-15-18-4-3-9-28-13-18/h1-13H,14-16H2,(H,30,35)(H2,29,31,32,33). The van der Waals surface area contributed by atoms with E-state index in [9.17, 15) is 18.0 Å². The molecule has 0 aliphatic rings. The Morgan fingerprint density at radius 3 is 2.37 bits per heavy atom. The molecule has 0 aliphatic heterocycles. The Kier molecular flexibility index (Phi) is 7.24. The van der Waals surface area contributed by atoms with Gasteiger partial charge in [-0.2, -0.15) is 23.1 Å². The number of amides is 1. The lowest BCUT2D eigenvalue weighted by molar-refractivity contribution is -0.137. The van der Waals surface area contributed by atoms with Crippen molar-refractivity contribution < 1.29 is 18.0 Å². The summed E-state index contributed by atoms with van der Waals surface area (Å²) in [6, 6.07) is 13.9. The molecule has 180 valence electrons. The Morgan fingerprint density at radius 1 is 0.914 bits per heavy atom. The molecule has 0 saturated heterocycles. The zero-order valence-corrected chi connectivity index (χ0v) is 18.5. The van der Waals surface area contributed by atoms with Crippen LogP contribution in [0.5, 0.6) is 0 Å². The predicted molar refractivity (Wildman–Crippen MR) is 125 cm³/mol. The molecule has 11 heteroatoms. The van der Waals surface area contributed by atoms with E-state index < -0.39 is 11.7 Å². The van der Waals surface area contributed by atoms with Crippen LogP contribution in [0.25, 0.3) is 5.82 Å². The van der Waals surface area contributed by atoms with Crippen LogP contribution < -0.4 is 16.0 Å². The number of aromatic nitrogens is 4. The Labute approximate surface area is 199 Å². The molecule has 0 bridgehead atoms. The van der Waals surface area contributed by atoms with E-state index in [1.807, 2.05) is 41.2 Å². The first-order valence-electron chi connectivity index (χ1n) is 10.7. The average molecular weight is 481 g/mol. The van der Waals surface area contributed by atoms with Crippen LogP contribution in [0.4, 0.5) is 24.9 Å². The maximum Gasteiger partial charge on any atom is 0.416 e. The zero-order chi connectivity index (χ0) is 24.7. The summed E-state index contributed by atoms with van der Waals surface area (Å²) >= 11 is 0. The summed E-state index contributed by atoms with van der Waals surface area (Å²) in [6.07, 6.45) is 2.72. The van der Waals surface area contributed by atoms with E-state index >= 15 is 0 Å². The number of anilines is 2. The minimum absolute atomic E-state index is 0.0786. The summed E-state index contributed by atoms with van der Waals surface area (Å²) in [5, 5.41) is 8.81. The molecule has 0 atom stereocenters. The Bertz CT molecular complexity index is 1240. The summed E-state index contributed by atoms with van der Waals surface area (Å²) in [6.45, 7) is 0.496. The number of nitrogens with zero attached hydrogens (tertiary/aromatic N) is 4. The third kappa shape index (κ3) is 6.79. The van der Waals surface area contributed by atoms with Gasteiger partial charge in [-0.1, -0.05) is 18.2 Å². The van der Waals surface area contributed by atoms with Gasteiger partial charge in [0.1, 0.15) is 11.6 Å². The van der Waals surface area contributed by atoms with Gasteiger partial charge in [0.05, 0.1) is 12.1 Å². The number of halogens is 3. The molecule has 3 N–H and O–H groups in total. The first kappa shape index (κ1) is 23.7. The highest BCUT2D eigenvalue weighted by Crippen LogP contribution is 2.29. The van der Waals surface area contributed by atoms with Crippen molar-refractivity contribution in [3.05, 3.63) is 96.1 Å². The van der Waals surface area contributed by atoms with Crippen molar-refractivity contribution in [3.8, 4) is 5.82 Å². The van der Waals surface area contributed by atoms with Crippen LogP contribution in [0.2, 0.25) is 0 Å². The van der Waals surface area contributed by atoms with E-state index in [1.54, 1.807) is 18.5 Å². The van der Waals surface area contributed by atoms with Gasteiger partial charge in [-0.25, -0.2) is 0 Å². The fraction of sp³-hybridized carbons (Fsp3) is 0.167. The molecule has 0 fully saturated rings. The van der Waals surface area contributed by atoms with Gasteiger partial charge in [-0.05, 0) is 41.5 Å². The van der Waals surface area contributed by atoms with Gasteiger partial charge in [-0.15, -0.1) is 0 Å². The van der Waals surface area contributed by atoms with E-state index in [1.165, 1.54) is 12.1 Å². The second-order valence-corrected chi connectivity index (χ2v) is 7.57. The molecule has 4 aromatic rings. The molecule has 0 aliphatic carbocycles. The van der Waals surface area contributed by atoms with E-state index in [4.69, 9.17) is 0 Å². The Morgan fingerprint density at radius 2 is 1.69 bits per heavy atom. The topological polar surface area (TPSA) is 96.8 Å². The third-order valence-electron chi connectivity index (χ3n) is 4.96. The minimum atomic E-state index is -4.39. The van der Waals surface area contributed by atoms with Crippen molar-refractivity contribution in [2.45, 2.75) is 19.3 Å². The molecule has 1 aromatic carbocycles. The van der Waals surface area contributed by atoms with E-state index in [0.717, 1.165) is 17.7 Å². The molecule has 8 nitrogen and oxygen atoms in total. The number of carbonyl (C=O) groups is 1. The van der Waals surface area contributed by atoms with Gasteiger partial charge in [0.2, 0.25) is 11.9 Å². The lowest BCUT2D eigenvalue weighted by atomic mass is 10.1. The summed E-state index contributed by atoms with van der Waals surface area (Å²) in [7, 11) is 0. The summed E-state index contributed by atoms with van der Waals surface area (Å²) in [4.78, 5) is 25.3. The molecule has 0 unspecified atom stereocenters. The number of carbonyl (C=O) groups excluding carboxylic acids is 1. The molecule has 0 saturated carbocycles. The Balaban J connectivity index is 1.37. The number of alkyl halides is 3. The lowest BCUT2D eigenvalue weighted by Gasteiger charge is -2.12. The van der Waals surface area contributed by atoms with Crippen LogP contribution in [0.1, 0.15) is 16.7 Å². The first-order valence-corrected chi connectivity index (χ1v) is 10.7. The number of rotatable bonds is 9. The molecule has 4 rings (SSSR count). The normalized spacial score (nSPS) is 11.2. The number of hydrogen-bond acceptors (Lipinski definition) is 6. The SMILES string of the molecule is O=C(CNc1cc(-n2cccc2)nc(NCc2cccnc2)n1)NCc1ccc(C(F)(F)F)cc1. The quantitative estimate of drug-likeness (QED) is 0.334. The minimum Gasteiger partial charge on any atom is -0.361 e. The second kappa shape index (κ2) is 10.7. The summed E-state index contributed by atoms with van der Waals surface area (Å²) in [5.74, 6) is 1.07. The van der Waals surface area contributed by atoms with E-state index in [-0.39, 0.29) is 19.0 Å². The van der Waals surface area contributed by atoms with Gasteiger partial charge in [0.15, 0.2) is 0 Å². The lowest BCUT2D eigenvalue weighted by Crippen LogP contribution is -2.29. The van der Waals surface area contributed by atoms with Gasteiger partial charge < -0.3 is 20.5 Å². The fourth-order valence-electron chi connectivity index (χ4n) is 3.15. The molecule has 0 spiro atoms. The highest BCUT2D eigenvalue weighted by Gasteiger charge is 2.29. The molecule has 3 heterocycles. The maximum absolute atomic E-state index is 12.7. The molecular formula is C24H22F3N7O. The second-order valence-electron chi connectivity index (χ2n) is 7.57.